The zero-order valence-corrected chi connectivity index (χ0v) is 17.7. The Morgan fingerprint density at radius 2 is 2.12 bits per heavy atom. The van der Waals surface area contributed by atoms with E-state index in [1.54, 1.807) is 18.3 Å². The maximum atomic E-state index is 15.0. The molecule has 1 aromatic carbocycles. The lowest BCUT2D eigenvalue weighted by Gasteiger charge is -2.21. The van der Waals surface area contributed by atoms with Gasteiger partial charge in [0.25, 0.3) is 0 Å². The zero-order chi connectivity index (χ0) is 22.1. The van der Waals surface area contributed by atoms with Gasteiger partial charge in [0.2, 0.25) is 5.88 Å². The molecule has 8 nitrogen and oxygen atoms in total. The summed E-state index contributed by atoms with van der Waals surface area (Å²) in [5.41, 5.74) is 2.75. The molecule has 3 aromatic rings. The molecule has 2 aromatic heterocycles. The summed E-state index contributed by atoms with van der Waals surface area (Å²) in [6.07, 6.45) is 3.61. The van der Waals surface area contributed by atoms with E-state index in [2.05, 4.69) is 25.9 Å². The number of pyridine rings is 2. The number of fused-ring (bicyclic) bond motifs is 2. The van der Waals surface area contributed by atoms with Crippen LogP contribution >= 0.6 is 0 Å². The van der Waals surface area contributed by atoms with Crippen molar-refractivity contribution in [3.8, 4) is 17.0 Å². The van der Waals surface area contributed by atoms with Crippen LogP contribution in [0.2, 0.25) is 0 Å². The number of nitrogens with one attached hydrogen (secondary N) is 3. The minimum atomic E-state index is -0.549. The van der Waals surface area contributed by atoms with Gasteiger partial charge in [-0.05, 0) is 49.0 Å². The smallest absolute Gasteiger partial charge is 0.412 e. The van der Waals surface area contributed by atoms with Crippen molar-refractivity contribution < 1.29 is 18.7 Å². The quantitative estimate of drug-likeness (QED) is 0.573. The molecule has 2 aliphatic rings. The van der Waals surface area contributed by atoms with E-state index in [-0.39, 0.29) is 5.82 Å². The molecule has 1 atom stereocenters. The van der Waals surface area contributed by atoms with Crippen molar-refractivity contribution in [3.63, 3.8) is 0 Å². The lowest BCUT2D eigenvalue weighted by molar-refractivity contribution is 0.144. The molecule has 1 saturated heterocycles. The number of amides is 1. The van der Waals surface area contributed by atoms with Crippen molar-refractivity contribution >= 4 is 28.4 Å². The Morgan fingerprint density at radius 3 is 2.97 bits per heavy atom. The number of nitrogens with zero attached hydrogens (tertiary/aromatic N) is 2. The molecule has 1 fully saturated rings. The number of aromatic nitrogens is 2. The molecule has 1 amide bonds. The first kappa shape index (κ1) is 20.4. The van der Waals surface area contributed by atoms with Gasteiger partial charge in [0.15, 0.2) is 0 Å². The van der Waals surface area contributed by atoms with Crippen molar-refractivity contribution in [1.29, 1.82) is 0 Å². The van der Waals surface area contributed by atoms with Crippen LogP contribution in [0, 0.1) is 18.7 Å². The van der Waals surface area contributed by atoms with E-state index in [9.17, 15) is 9.18 Å². The number of carbonyl (C=O) groups is 1. The Bertz CT molecular complexity index is 1180. The number of carbonyl (C=O) groups excluding carboxylic acids is 1. The van der Waals surface area contributed by atoms with Gasteiger partial charge < -0.3 is 20.1 Å². The fraction of sp³-hybridized carbons (Fsp3) is 0.348. The topological polar surface area (TPSA) is 97.4 Å². The van der Waals surface area contributed by atoms with Crippen molar-refractivity contribution in [2.45, 2.75) is 13.3 Å². The number of rotatable bonds is 4. The highest BCUT2D eigenvalue weighted by Crippen LogP contribution is 2.37. The largest absolute Gasteiger partial charge is 0.474 e. The van der Waals surface area contributed by atoms with E-state index in [0.29, 0.717) is 53.9 Å². The van der Waals surface area contributed by atoms with Crippen LogP contribution in [0.25, 0.3) is 21.9 Å². The summed E-state index contributed by atoms with van der Waals surface area (Å²) in [6, 6.07) is 4.89. The number of ether oxygens (including phenoxy) is 2. The molecule has 0 spiro atoms. The highest BCUT2D eigenvalue weighted by atomic mass is 19.1. The second kappa shape index (κ2) is 8.58. The Balaban J connectivity index is 1.40. The first-order chi connectivity index (χ1) is 15.6. The van der Waals surface area contributed by atoms with Gasteiger partial charge in [0.05, 0.1) is 6.61 Å². The molecule has 32 heavy (non-hydrogen) atoms. The van der Waals surface area contributed by atoms with Crippen molar-refractivity contribution in [3.05, 3.63) is 42.0 Å². The highest BCUT2D eigenvalue weighted by molar-refractivity contribution is 5.92. The van der Waals surface area contributed by atoms with Crippen LogP contribution in [0.15, 0.2) is 30.6 Å². The summed E-state index contributed by atoms with van der Waals surface area (Å²) >= 11 is 0. The zero-order valence-electron chi connectivity index (χ0n) is 17.7. The van der Waals surface area contributed by atoms with E-state index in [4.69, 9.17) is 9.47 Å². The minimum Gasteiger partial charge on any atom is -0.474 e. The number of hydrogen-bond acceptors (Lipinski definition) is 7. The molecule has 0 bridgehead atoms. The summed E-state index contributed by atoms with van der Waals surface area (Å²) in [4.78, 5) is 20.7. The number of hydrogen-bond donors (Lipinski definition) is 3. The number of halogens is 1. The molecule has 0 saturated carbocycles. The Kier molecular flexibility index (Phi) is 5.48. The average molecular weight is 437 g/mol. The standard InChI is InChI=1S/C23H24FN5O3/c1-13-18(11-28-22-21(13)26-4-5-31-22)17-6-15-8-20(27-10-16(15)7-19(17)24)29-23(30)32-12-14-2-3-25-9-14/h6-8,10-11,14,25-26H,2-5,9,12H2,1H3,(H,27,29,30)/t14-/m0/s1. The van der Waals surface area contributed by atoms with Crippen LogP contribution in [-0.2, 0) is 4.74 Å². The van der Waals surface area contributed by atoms with Crippen molar-refractivity contribution in [2.75, 3.05) is 43.5 Å². The van der Waals surface area contributed by atoms with Gasteiger partial charge in [-0.15, -0.1) is 0 Å². The lowest BCUT2D eigenvalue weighted by Crippen LogP contribution is -2.20. The predicted molar refractivity (Wildman–Crippen MR) is 120 cm³/mol. The Morgan fingerprint density at radius 1 is 1.22 bits per heavy atom. The SMILES string of the molecule is Cc1c(-c2cc3cc(NC(=O)OC[C@H]4CCNC4)ncc3cc2F)cnc2c1NCCO2. The second-order valence-electron chi connectivity index (χ2n) is 8.08. The molecule has 9 heteroatoms. The average Bonchev–Trinajstić information content (AvgIpc) is 3.32. The molecular formula is C23H24FN5O3. The van der Waals surface area contributed by atoms with Crippen LogP contribution in [0.3, 0.4) is 0 Å². The van der Waals surface area contributed by atoms with Crippen LogP contribution < -0.4 is 20.7 Å². The summed E-state index contributed by atoms with van der Waals surface area (Å²) in [6.45, 7) is 5.30. The third kappa shape index (κ3) is 4.03. The monoisotopic (exact) mass is 437 g/mol. The van der Waals surface area contributed by atoms with E-state index >= 15 is 0 Å². The summed E-state index contributed by atoms with van der Waals surface area (Å²) in [5.74, 6) is 0.844. The fourth-order valence-corrected chi connectivity index (χ4v) is 4.12. The van der Waals surface area contributed by atoms with Crippen LogP contribution in [-0.4, -0.2) is 48.9 Å². The molecule has 0 unspecified atom stereocenters. The molecule has 0 aliphatic carbocycles. The van der Waals surface area contributed by atoms with Gasteiger partial charge in [0, 0.05) is 47.9 Å². The molecule has 2 aliphatic heterocycles. The molecule has 0 radical (unpaired) electrons. The van der Waals surface area contributed by atoms with Gasteiger partial charge in [-0.1, -0.05) is 0 Å². The fourth-order valence-electron chi connectivity index (χ4n) is 4.12. The molecule has 4 heterocycles. The van der Waals surface area contributed by atoms with Crippen molar-refractivity contribution in [2.24, 2.45) is 5.92 Å². The normalized spacial score (nSPS) is 17.4. The van der Waals surface area contributed by atoms with E-state index in [1.807, 2.05) is 6.92 Å². The molecule has 5 rings (SSSR count). The van der Waals surface area contributed by atoms with Crippen LogP contribution in [0.5, 0.6) is 5.88 Å². The van der Waals surface area contributed by atoms with Crippen molar-refractivity contribution in [1.82, 2.24) is 15.3 Å². The summed E-state index contributed by atoms with van der Waals surface area (Å²) in [5, 5.41) is 10.5. The third-order valence-corrected chi connectivity index (χ3v) is 5.89. The van der Waals surface area contributed by atoms with E-state index < -0.39 is 6.09 Å². The van der Waals surface area contributed by atoms with Crippen LogP contribution in [0.4, 0.5) is 20.7 Å². The molecule has 166 valence electrons. The molecular weight excluding hydrogens is 413 g/mol. The number of anilines is 2. The first-order valence-electron chi connectivity index (χ1n) is 10.7. The predicted octanol–water partition coefficient (Wildman–Crippen LogP) is 3.71. The van der Waals surface area contributed by atoms with Crippen LogP contribution in [0.1, 0.15) is 12.0 Å². The second-order valence-corrected chi connectivity index (χ2v) is 8.08. The van der Waals surface area contributed by atoms with Gasteiger partial charge in [-0.2, -0.15) is 0 Å². The van der Waals surface area contributed by atoms with Gasteiger partial charge in [0.1, 0.15) is 23.9 Å². The summed E-state index contributed by atoms with van der Waals surface area (Å²) in [7, 11) is 0. The highest BCUT2D eigenvalue weighted by Gasteiger charge is 2.20. The number of benzene rings is 1. The molecule has 3 N–H and O–H groups in total. The lowest BCUT2D eigenvalue weighted by atomic mass is 9.98. The van der Waals surface area contributed by atoms with E-state index in [0.717, 1.165) is 36.1 Å². The summed E-state index contributed by atoms with van der Waals surface area (Å²) < 4.78 is 25.8. The first-order valence-corrected chi connectivity index (χ1v) is 10.7. The van der Waals surface area contributed by atoms with E-state index in [1.165, 1.54) is 12.3 Å². The Labute approximate surface area is 184 Å². The van der Waals surface area contributed by atoms with Gasteiger partial charge in [-0.3, -0.25) is 5.32 Å². The minimum absolute atomic E-state index is 0.337. The van der Waals surface area contributed by atoms with Gasteiger partial charge >= 0.3 is 6.09 Å². The van der Waals surface area contributed by atoms with Gasteiger partial charge in [-0.25, -0.2) is 19.2 Å². The Hall–Kier alpha value is -3.46. The maximum Gasteiger partial charge on any atom is 0.412 e. The maximum absolute atomic E-state index is 15.0. The third-order valence-electron chi connectivity index (χ3n) is 5.89.